The maximum absolute atomic E-state index is 12.6. The molecule has 1 fully saturated rings. The number of ether oxygens (including phenoxy) is 1. The number of amides is 1. The molecule has 2 heterocycles. The van der Waals surface area contributed by atoms with Crippen LogP contribution in [-0.2, 0) is 9.53 Å². The minimum Gasteiger partial charge on any atom is -0.370 e. The van der Waals surface area contributed by atoms with Gasteiger partial charge in [-0.1, -0.05) is 18.2 Å². The third kappa shape index (κ3) is 4.10. The zero-order chi connectivity index (χ0) is 18.7. The number of nitriles is 1. The summed E-state index contributed by atoms with van der Waals surface area (Å²) in [6.45, 7) is 7.65. The monoisotopic (exact) mass is 353 g/mol. The molecule has 0 bridgehead atoms. The van der Waals surface area contributed by atoms with Crippen molar-refractivity contribution in [3.63, 3.8) is 0 Å². The average molecular weight is 353 g/mol. The highest BCUT2D eigenvalue weighted by molar-refractivity contribution is 5.93. The van der Waals surface area contributed by atoms with Gasteiger partial charge in [0.05, 0.1) is 30.1 Å². The zero-order valence-corrected chi connectivity index (χ0v) is 15.3. The molecular formula is C19H23N5O2. The molecular weight excluding hydrogens is 330 g/mol. The Balaban J connectivity index is 1.76. The number of para-hydroxylation sites is 1. The first-order chi connectivity index (χ1) is 12.4. The van der Waals surface area contributed by atoms with Gasteiger partial charge in [-0.25, -0.2) is 4.68 Å². The van der Waals surface area contributed by atoms with Crippen molar-refractivity contribution in [2.45, 2.75) is 32.5 Å². The highest BCUT2D eigenvalue weighted by atomic mass is 16.5. The van der Waals surface area contributed by atoms with E-state index < -0.39 is 0 Å². The van der Waals surface area contributed by atoms with Crippen LogP contribution in [0.15, 0.2) is 36.5 Å². The van der Waals surface area contributed by atoms with Crippen LogP contribution in [0.3, 0.4) is 0 Å². The molecule has 136 valence electrons. The molecule has 1 amide bonds. The molecule has 0 aliphatic carbocycles. The Labute approximate surface area is 153 Å². The second-order valence-corrected chi connectivity index (χ2v) is 7.17. The summed E-state index contributed by atoms with van der Waals surface area (Å²) in [5, 5.41) is 16.4. The van der Waals surface area contributed by atoms with Crippen molar-refractivity contribution in [2.24, 2.45) is 0 Å². The molecule has 7 heteroatoms. The van der Waals surface area contributed by atoms with E-state index in [4.69, 9.17) is 4.74 Å². The minimum absolute atomic E-state index is 0.0658. The van der Waals surface area contributed by atoms with Crippen molar-refractivity contribution in [2.75, 3.05) is 25.0 Å². The van der Waals surface area contributed by atoms with Crippen LogP contribution in [0.2, 0.25) is 0 Å². The van der Waals surface area contributed by atoms with Gasteiger partial charge in [0.15, 0.2) is 5.82 Å². The van der Waals surface area contributed by atoms with E-state index in [-0.39, 0.29) is 24.2 Å². The molecule has 1 aromatic heterocycles. The number of anilines is 1. The second kappa shape index (κ2) is 7.28. The van der Waals surface area contributed by atoms with Crippen LogP contribution in [0, 0.1) is 11.3 Å². The lowest BCUT2D eigenvalue weighted by atomic mass is 10.1. The first-order valence-corrected chi connectivity index (χ1v) is 8.61. The van der Waals surface area contributed by atoms with Gasteiger partial charge >= 0.3 is 0 Å². The van der Waals surface area contributed by atoms with Crippen LogP contribution in [0.1, 0.15) is 26.3 Å². The van der Waals surface area contributed by atoms with Crippen LogP contribution < -0.4 is 5.32 Å². The van der Waals surface area contributed by atoms with Crippen molar-refractivity contribution in [1.29, 1.82) is 5.26 Å². The quantitative estimate of drug-likeness (QED) is 0.911. The summed E-state index contributed by atoms with van der Waals surface area (Å²) in [7, 11) is 0. The number of aromatic nitrogens is 2. The highest BCUT2D eigenvalue weighted by Gasteiger charge is 2.32. The Kier molecular flexibility index (Phi) is 5.07. The van der Waals surface area contributed by atoms with E-state index in [0.29, 0.717) is 24.5 Å². The molecule has 1 saturated heterocycles. The number of nitrogens with zero attached hydrogens (tertiary/aromatic N) is 4. The van der Waals surface area contributed by atoms with Gasteiger partial charge in [0, 0.05) is 13.1 Å². The van der Waals surface area contributed by atoms with Crippen molar-refractivity contribution in [1.82, 2.24) is 14.7 Å². The Morgan fingerprint density at radius 1 is 1.42 bits per heavy atom. The van der Waals surface area contributed by atoms with Gasteiger partial charge in [-0.05, 0) is 32.9 Å². The zero-order valence-electron chi connectivity index (χ0n) is 15.3. The maximum atomic E-state index is 12.6. The molecule has 1 N–H and O–H groups in total. The van der Waals surface area contributed by atoms with Crippen LogP contribution in [-0.4, -0.2) is 51.9 Å². The Morgan fingerprint density at radius 2 is 2.15 bits per heavy atom. The predicted octanol–water partition coefficient (Wildman–Crippen LogP) is 2.18. The van der Waals surface area contributed by atoms with Gasteiger partial charge in [-0.15, -0.1) is 0 Å². The number of nitrogens with one attached hydrogen (secondary N) is 1. The molecule has 2 aromatic rings. The smallest absolute Gasteiger partial charge is 0.239 e. The van der Waals surface area contributed by atoms with Gasteiger partial charge < -0.3 is 10.1 Å². The lowest BCUT2D eigenvalue weighted by Gasteiger charge is -2.41. The van der Waals surface area contributed by atoms with Gasteiger partial charge in [-0.3, -0.25) is 9.69 Å². The summed E-state index contributed by atoms with van der Waals surface area (Å²) in [4.78, 5) is 14.7. The lowest BCUT2D eigenvalue weighted by Crippen LogP contribution is -2.53. The van der Waals surface area contributed by atoms with E-state index in [2.05, 4.69) is 21.4 Å². The van der Waals surface area contributed by atoms with Crippen LogP contribution in [0.4, 0.5) is 5.82 Å². The molecule has 0 spiro atoms. The number of morpholine rings is 1. The van der Waals surface area contributed by atoms with Crippen molar-refractivity contribution in [3.8, 4) is 11.8 Å². The molecule has 0 radical (unpaired) electrons. The molecule has 1 aliphatic rings. The molecule has 3 rings (SSSR count). The number of benzene rings is 1. The fraction of sp³-hybridized carbons (Fsp3) is 0.421. The van der Waals surface area contributed by atoms with Gasteiger partial charge in [0.1, 0.15) is 11.6 Å². The van der Waals surface area contributed by atoms with Crippen molar-refractivity contribution < 1.29 is 9.53 Å². The lowest BCUT2D eigenvalue weighted by molar-refractivity contribution is -0.136. The van der Waals surface area contributed by atoms with E-state index >= 15 is 0 Å². The molecule has 1 aromatic carbocycles. The summed E-state index contributed by atoms with van der Waals surface area (Å²) in [5.74, 6) is 0.216. The summed E-state index contributed by atoms with van der Waals surface area (Å²) >= 11 is 0. The van der Waals surface area contributed by atoms with Gasteiger partial charge in [0.2, 0.25) is 5.91 Å². The number of rotatable bonds is 4. The number of carbonyl (C=O) groups is 1. The summed E-state index contributed by atoms with van der Waals surface area (Å²) in [6.07, 6.45) is 1.53. The van der Waals surface area contributed by atoms with E-state index in [9.17, 15) is 10.1 Å². The normalized spacial score (nSPS) is 19.7. The average Bonchev–Trinajstić information content (AvgIpc) is 2.96. The first kappa shape index (κ1) is 18.1. The van der Waals surface area contributed by atoms with E-state index in [1.807, 2.05) is 51.1 Å². The fourth-order valence-electron chi connectivity index (χ4n) is 3.40. The largest absolute Gasteiger partial charge is 0.370 e. The number of carbonyl (C=O) groups excluding carboxylic acids is 1. The Hall–Kier alpha value is -2.69. The van der Waals surface area contributed by atoms with Gasteiger partial charge in [0.25, 0.3) is 0 Å². The van der Waals surface area contributed by atoms with E-state index in [1.54, 1.807) is 4.68 Å². The predicted molar refractivity (Wildman–Crippen MR) is 98.0 cm³/mol. The third-order valence-electron chi connectivity index (χ3n) is 4.16. The summed E-state index contributed by atoms with van der Waals surface area (Å²) < 4.78 is 7.45. The summed E-state index contributed by atoms with van der Waals surface area (Å²) in [6, 6.07) is 11.5. The third-order valence-corrected chi connectivity index (χ3v) is 4.16. The van der Waals surface area contributed by atoms with E-state index in [0.717, 1.165) is 5.69 Å². The number of hydrogen-bond donors (Lipinski definition) is 1. The van der Waals surface area contributed by atoms with Gasteiger partial charge in [-0.2, -0.15) is 10.4 Å². The van der Waals surface area contributed by atoms with Crippen molar-refractivity contribution >= 4 is 11.7 Å². The second-order valence-electron chi connectivity index (χ2n) is 7.17. The molecule has 26 heavy (non-hydrogen) atoms. The summed E-state index contributed by atoms with van der Waals surface area (Å²) in [5.41, 5.74) is 0.824. The molecule has 1 aliphatic heterocycles. The minimum atomic E-state index is -0.290. The van der Waals surface area contributed by atoms with Crippen LogP contribution in [0.25, 0.3) is 5.69 Å². The topological polar surface area (TPSA) is 83.2 Å². The maximum Gasteiger partial charge on any atom is 0.239 e. The number of hydrogen-bond acceptors (Lipinski definition) is 5. The van der Waals surface area contributed by atoms with Crippen LogP contribution in [0.5, 0.6) is 0 Å². The van der Waals surface area contributed by atoms with Crippen molar-refractivity contribution in [3.05, 3.63) is 42.1 Å². The fourth-order valence-corrected chi connectivity index (χ4v) is 3.40. The molecule has 7 nitrogen and oxygen atoms in total. The van der Waals surface area contributed by atoms with Crippen LogP contribution >= 0.6 is 0 Å². The molecule has 1 atom stereocenters. The standard InChI is InChI=1S/C19H23N5O2/c1-14-11-23(13-19(2,3)26-14)12-17(25)22-18-15(9-20)10-21-24(18)16-7-5-4-6-8-16/h4-8,10,14H,11-13H2,1-3H3,(H,22,25)/t14-/m0/s1. The Morgan fingerprint density at radius 3 is 2.81 bits per heavy atom. The molecule has 0 unspecified atom stereocenters. The first-order valence-electron chi connectivity index (χ1n) is 8.61. The SMILES string of the molecule is C[C@H]1CN(CC(=O)Nc2c(C#N)cnn2-c2ccccc2)CC(C)(C)O1. The highest BCUT2D eigenvalue weighted by Crippen LogP contribution is 2.22. The Bertz CT molecular complexity index is 822. The van der Waals surface area contributed by atoms with E-state index in [1.165, 1.54) is 6.20 Å². The molecule has 0 saturated carbocycles.